The second-order valence-electron chi connectivity index (χ2n) is 4.44. The zero-order chi connectivity index (χ0) is 14.0. The molecule has 0 spiro atoms. The molecule has 0 bridgehead atoms. The predicted molar refractivity (Wildman–Crippen MR) is 76.5 cm³/mol. The minimum Gasteiger partial charge on any atom is -0.494 e. The first-order chi connectivity index (χ1) is 9.12. The molecular formula is C15H19FN2O. The van der Waals surface area contributed by atoms with Crippen LogP contribution in [-0.4, -0.2) is 18.6 Å². The van der Waals surface area contributed by atoms with Crippen LogP contribution in [0.15, 0.2) is 12.1 Å². The van der Waals surface area contributed by atoms with Gasteiger partial charge in [-0.2, -0.15) is 0 Å². The number of ether oxygens (including phenoxy) is 1. The Morgan fingerprint density at radius 1 is 1.32 bits per heavy atom. The molecular weight excluding hydrogens is 243 g/mol. The molecule has 1 aromatic carbocycles. The second kappa shape index (κ2) is 5.43. The van der Waals surface area contributed by atoms with E-state index in [1.807, 2.05) is 13.8 Å². The quantitative estimate of drug-likeness (QED) is 0.912. The average Bonchev–Trinajstić information content (AvgIpc) is 2.38. The van der Waals surface area contributed by atoms with E-state index in [1.54, 1.807) is 6.07 Å². The molecule has 19 heavy (non-hydrogen) atoms. The SMILES string of the molecule is CCNc1c(CC)c(C)nc2cc(F)c(OC)cc12. The third-order valence-electron chi connectivity index (χ3n) is 3.27. The number of nitrogens with zero attached hydrogens (tertiary/aromatic N) is 1. The van der Waals surface area contributed by atoms with Gasteiger partial charge in [0.25, 0.3) is 0 Å². The van der Waals surface area contributed by atoms with E-state index in [2.05, 4.69) is 17.2 Å². The first kappa shape index (κ1) is 13.6. The summed E-state index contributed by atoms with van der Waals surface area (Å²) in [5.41, 5.74) is 3.80. The van der Waals surface area contributed by atoms with Crippen LogP contribution in [0.4, 0.5) is 10.1 Å². The fraction of sp³-hybridized carbons (Fsp3) is 0.400. The molecule has 3 nitrogen and oxygen atoms in total. The van der Waals surface area contributed by atoms with Gasteiger partial charge >= 0.3 is 0 Å². The van der Waals surface area contributed by atoms with Gasteiger partial charge in [-0.15, -0.1) is 0 Å². The summed E-state index contributed by atoms with van der Waals surface area (Å²) in [5.74, 6) is -0.132. The Morgan fingerprint density at radius 3 is 2.63 bits per heavy atom. The number of nitrogens with one attached hydrogen (secondary N) is 1. The van der Waals surface area contributed by atoms with E-state index in [-0.39, 0.29) is 11.6 Å². The number of hydrogen-bond acceptors (Lipinski definition) is 3. The van der Waals surface area contributed by atoms with Crippen molar-refractivity contribution < 1.29 is 9.13 Å². The van der Waals surface area contributed by atoms with Crippen molar-refractivity contribution in [2.24, 2.45) is 0 Å². The fourth-order valence-electron chi connectivity index (χ4n) is 2.39. The number of rotatable bonds is 4. The van der Waals surface area contributed by atoms with E-state index in [1.165, 1.54) is 18.7 Å². The lowest BCUT2D eigenvalue weighted by Gasteiger charge is -2.16. The smallest absolute Gasteiger partial charge is 0.167 e. The van der Waals surface area contributed by atoms with Crippen molar-refractivity contribution in [1.29, 1.82) is 0 Å². The van der Waals surface area contributed by atoms with Crippen molar-refractivity contribution in [3.63, 3.8) is 0 Å². The standard InChI is InChI=1S/C15H19FN2O/c1-5-10-9(3)18-13-8-12(16)14(19-4)7-11(13)15(10)17-6-2/h7-8H,5-6H2,1-4H3,(H,17,18). The van der Waals surface area contributed by atoms with Gasteiger partial charge in [-0.1, -0.05) is 6.92 Å². The zero-order valence-electron chi connectivity index (χ0n) is 11.8. The van der Waals surface area contributed by atoms with Gasteiger partial charge in [-0.25, -0.2) is 4.39 Å². The van der Waals surface area contributed by atoms with Crippen LogP contribution < -0.4 is 10.1 Å². The number of fused-ring (bicyclic) bond motifs is 1. The number of benzene rings is 1. The minimum absolute atomic E-state index is 0.249. The maximum Gasteiger partial charge on any atom is 0.167 e. The highest BCUT2D eigenvalue weighted by Gasteiger charge is 2.14. The number of aryl methyl sites for hydroxylation is 1. The lowest BCUT2D eigenvalue weighted by atomic mass is 10.0. The van der Waals surface area contributed by atoms with Crippen LogP contribution >= 0.6 is 0 Å². The molecule has 4 heteroatoms. The monoisotopic (exact) mass is 262 g/mol. The van der Waals surface area contributed by atoms with E-state index in [9.17, 15) is 4.39 Å². The summed E-state index contributed by atoms with van der Waals surface area (Å²) in [6.45, 7) is 6.91. The number of aromatic nitrogens is 1. The van der Waals surface area contributed by atoms with Crippen molar-refractivity contribution in [3.05, 3.63) is 29.2 Å². The lowest BCUT2D eigenvalue weighted by Crippen LogP contribution is -2.05. The summed E-state index contributed by atoms with van der Waals surface area (Å²) in [6.07, 6.45) is 0.886. The minimum atomic E-state index is -0.381. The predicted octanol–water partition coefficient (Wildman–Crippen LogP) is 3.69. The summed E-state index contributed by atoms with van der Waals surface area (Å²) in [6, 6.07) is 3.15. The Labute approximate surface area is 112 Å². The van der Waals surface area contributed by atoms with Crippen LogP contribution in [0.5, 0.6) is 5.75 Å². The molecule has 0 atom stereocenters. The molecule has 0 aliphatic carbocycles. The molecule has 0 aliphatic heterocycles. The van der Waals surface area contributed by atoms with E-state index in [0.29, 0.717) is 5.52 Å². The van der Waals surface area contributed by atoms with E-state index in [4.69, 9.17) is 4.74 Å². The molecule has 0 unspecified atom stereocenters. The van der Waals surface area contributed by atoms with Crippen molar-refractivity contribution in [2.75, 3.05) is 19.0 Å². The van der Waals surface area contributed by atoms with E-state index >= 15 is 0 Å². The summed E-state index contributed by atoms with van der Waals surface area (Å²) in [4.78, 5) is 4.49. The molecule has 1 N–H and O–H groups in total. The molecule has 2 aromatic rings. The van der Waals surface area contributed by atoms with Gasteiger partial charge in [0.2, 0.25) is 0 Å². The molecule has 0 radical (unpaired) electrons. The topological polar surface area (TPSA) is 34.2 Å². The third-order valence-corrected chi connectivity index (χ3v) is 3.27. The summed E-state index contributed by atoms with van der Waals surface area (Å²) < 4.78 is 18.8. The van der Waals surface area contributed by atoms with Gasteiger partial charge in [-0.3, -0.25) is 4.98 Å². The Balaban J connectivity index is 2.81. The largest absolute Gasteiger partial charge is 0.494 e. The molecule has 2 rings (SSSR count). The highest BCUT2D eigenvalue weighted by atomic mass is 19.1. The Kier molecular flexibility index (Phi) is 3.88. The maximum absolute atomic E-state index is 13.8. The normalized spacial score (nSPS) is 10.8. The van der Waals surface area contributed by atoms with Crippen molar-refractivity contribution in [1.82, 2.24) is 4.98 Å². The molecule has 1 aromatic heterocycles. The van der Waals surface area contributed by atoms with Gasteiger partial charge in [0.15, 0.2) is 11.6 Å². The van der Waals surface area contributed by atoms with Gasteiger partial charge in [-0.05, 0) is 31.9 Å². The van der Waals surface area contributed by atoms with Gasteiger partial charge < -0.3 is 10.1 Å². The second-order valence-corrected chi connectivity index (χ2v) is 4.44. The van der Waals surface area contributed by atoms with Crippen LogP contribution in [0.25, 0.3) is 10.9 Å². The van der Waals surface area contributed by atoms with Crippen molar-refractivity contribution >= 4 is 16.6 Å². The Hall–Kier alpha value is -1.84. The number of methoxy groups -OCH3 is 1. The van der Waals surface area contributed by atoms with Gasteiger partial charge in [0.05, 0.1) is 12.6 Å². The Bertz CT molecular complexity index is 606. The van der Waals surface area contributed by atoms with E-state index < -0.39 is 0 Å². The molecule has 0 fully saturated rings. The lowest BCUT2D eigenvalue weighted by molar-refractivity contribution is 0.387. The van der Waals surface area contributed by atoms with Crippen molar-refractivity contribution in [3.8, 4) is 5.75 Å². The van der Waals surface area contributed by atoms with Crippen LogP contribution in [-0.2, 0) is 6.42 Å². The first-order valence-electron chi connectivity index (χ1n) is 6.52. The summed E-state index contributed by atoms with van der Waals surface area (Å²) in [5, 5.41) is 4.27. The summed E-state index contributed by atoms with van der Waals surface area (Å²) >= 11 is 0. The summed E-state index contributed by atoms with van der Waals surface area (Å²) in [7, 11) is 1.47. The van der Waals surface area contributed by atoms with Crippen LogP contribution in [0.3, 0.4) is 0 Å². The Morgan fingerprint density at radius 2 is 2.05 bits per heavy atom. The van der Waals surface area contributed by atoms with Crippen LogP contribution in [0, 0.1) is 12.7 Å². The van der Waals surface area contributed by atoms with Crippen molar-refractivity contribution in [2.45, 2.75) is 27.2 Å². The molecule has 102 valence electrons. The zero-order valence-corrected chi connectivity index (χ0v) is 11.8. The molecule has 0 aliphatic rings. The number of halogens is 1. The highest BCUT2D eigenvalue weighted by molar-refractivity contribution is 5.94. The van der Waals surface area contributed by atoms with Gasteiger partial charge in [0.1, 0.15) is 0 Å². The first-order valence-corrected chi connectivity index (χ1v) is 6.52. The third kappa shape index (κ3) is 2.35. The van der Waals surface area contributed by atoms with Crippen LogP contribution in [0.1, 0.15) is 25.1 Å². The molecule has 0 amide bonds. The average molecular weight is 262 g/mol. The van der Waals surface area contributed by atoms with E-state index in [0.717, 1.165) is 29.7 Å². The maximum atomic E-state index is 13.8. The van der Waals surface area contributed by atoms with Gasteiger partial charge in [0, 0.05) is 29.4 Å². The number of anilines is 1. The molecule has 0 saturated carbocycles. The number of hydrogen-bond donors (Lipinski definition) is 1. The molecule has 1 heterocycles. The van der Waals surface area contributed by atoms with Crippen LogP contribution in [0.2, 0.25) is 0 Å². The highest BCUT2D eigenvalue weighted by Crippen LogP contribution is 2.33. The fourth-order valence-corrected chi connectivity index (χ4v) is 2.39. The number of pyridine rings is 1. The molecule has 0 saturated heterocycles.